The summed E-state index contributed by atoms with van der Waals surface area (Å²) in [5.41, 5.74) is 0.996. The van der Waals surface area contributed by atoms with E-state index in [0.717, 1.165) is 11.3 Å². The van der Waals surface area contributed by atoms with E-state index in [1.165, 1.54) is 0 Å². The molecular formula is C10H9NOS. The highest BCUT2D eigenvalue weighted by atomic mass is 32.1. The van der Waals surface area contributed by atoms with Gasteiger partial charge in [0.15, 0.2) is 0 Å². The molecule has 0 saturated heterocycles. The number of benzene rings is 1. The fourth-order valence-corrected chi connectivity index (χ4v) is 1.24. The molecule has 2 nitrogen and oxygen atoms in total. The fourth-order valence-electron chi connectivity index (χ4n) is 1.09. The van der Waals surface area contributed by atoms with E-state index in [0.29, 0.717) is 11.6 Å². The molecular weight excluding hydrogens is 182 g/mol. The van der Waals surface area contributed by atoms with Gasteiger partial charge in [-0.2, -0.15) is 12.6 Å². The van der Waals surface area contributed by atoms with E-state index in [1.54, 1.807) is 6.20 Å². The van der Waals surface area contributed by atoms with Gasteiger partial charge in [0, 0.05) is 5.56 Å². The Morgan fingerprint density at radius 3 is 2.62 bits per heavy atom. The van der Waals surface area contributed by atoms with E-state index in [9.17, 15) is 0 Å². The maximum absolute atomic E-state index is 5.43. The van der Waals surface area contributed by atoms with Crippen molar-refractivity contribution in [2.24, 2.45) is 0 Å². The lowest BCUT2D eigenvalue weighted by Gasteiger charge is -1.92. The van der Waals surface area contributed by atoms with Crippen LogP contribution in [0.15, 0.2) is 40.9 Å². The molecule has 2 rings (SSSR count). The van der Waals surface area contributed by atoms with Crippen molar-refractivity contribution in [2.75, 3.05) is 0 Å². The SMILES string of the molecule is SCc1cnc(-c2ccccc2)o1. The number of oxazole rings is 1. The lowest BCUT2D eigenvalue weighted by molar-refractivity contribution is 0.539. The van der Waals surface area contributed by atoms with E-state index < -0.39 is 0 Å². The summed E-state index contributed by atoms with van der Waals surface area (Å²) in [6.45, 7) is 0. The van der Waals surface area contributed by atoms with Crippen LogP contribution in [0.1, 0.15) is 5.76 Å². The molecule has 0 aliphatic carbocycles. The zero-order valence-corrected chi connectivity index (χ0v) is 7.87. The molecule has 0 radical (unpaired) electrons. The first-order valence-electron chi connectivity index (χ1n) is 4.01. The number of rotatable bonds is 2. The molecule has 3 heteroatoms. The number of nitrogens with zero attached hydrogens (tertiary/aromatic N) is 1. The van der Waals surface area contributed by atoms with Crippen molar-refractivity contribution in [2.45, 2.75) is 5.75 Å². The van der Waals surface area contributed by atoms with Crippen molar-refractivity contribution < 1.29 is 4.42 Å². The van der Waals surface area contributed by atoms with Crippen LogP contribution in [-0.2, 0) is 5.75 Å². The third kappa shape index (κ3) is 1.75. The van der Waals surface area contributed by atoms with Crippen molar-refractivity contribution in [3.63, 3.8) is 0 Å². The minimum atomic E-state index is 0.583. The molecule has 0 spiro atoms. The summed E-state index contributed by atoms with van der Waals surface area (Å²) < 4.78 is 5.43. The highest BCUT2D eigenvalue weighted by Gasteiger charge is 2.03. The lowest BCUT2D eigenvalue weighted by Crippen LogP contribution is -1.73. The normalized spacial score (nSPS) is 10.2. The average Bonchev–Trinajstić information content (AvgIpc) is 2.67. The first-order chi connectivity index (χ1) is 6.40. The second kappa shape index (κ2) is 3.66. The summed E-state index contributed by atoms with van der Waals surface area (Å²) in [4.78, 5) is 4.14. The molecule has 0 aliphatic heterocycles. The molecule has 0 unspecified atom stereocenters. The van der Waals surface area contributed by atoms with E-state index in [1.807, 2.05) is 30.3 Å². The largest absolute Gasteiger partial charge is 0.440 e. The molecule has 0 aliphatic rings. The molecule has 13 heavy (non-hydrogen) atoms. The lowest BCUT2D eigenvalue weighted by atomic mass is 10.2. The van der Waals surface area contributed by atoms with E-state index in [-0.39, 0.29) is 0 Å². The monoisotopic (exact) mass is 191 g/mol. The van der Waals surface area contributed by atoms with Crippen LogP contribution < -0.4 is 0 Å². The first-order valence-corrected chi connectivity index (χ1v) is 4.64. The molecule has 66 valence electrons. The van der Waals surface area contributed by atoms with Crippen molar-refractivity contribution in [3.05, 3.63) is 42.3 Å². The van der Waals surface area contributed by atoms with Gasteiger partial charge in [-0.3, -0.25) is 0 Å². The van der Waals surface area contributed by atoms with Crippen LogP contribution in [0.5, 0.6) is 0 Å². The van der Waals surface area contributed by atoms with Crippen molar-refractivity contribution in [1.82, 2.24) is 4.98 Å². The Bertz CT molecular complexity index is 383. The van der Waals surface area contributed by atoms with Crippen molar-refractivity contribution in [3.8, 4) is 11.5 Å². The smallest absolute Gasteiger partial charge is 0.226 e. The third-order valence-corrected chi connectivity index (χ3v) is 2.04. The molecule has 0 N–H and O–H groups in total. The van der Waals surface area contributed by atoms with Crippen LogP contribution >= 0.6 is 12.6 Å². The molecule has 0 saturated carbocycles. The van der Waals surface area contributed by atoms with Crippen LogP contribution in [-0.4, -0.2) is 4.98 Å². The highest BCUT2D eigenvalue weighted by molar-refractivity contribution is 7.79. The Labute approximate surface area is 82.0 Å². The van der Waals surface area contributed by atoms with Gasteiger partial charge < -0.3 is 4.42 Å². The summed E-state index contributed by atoms with van der Waals surface area (Å²) in [7, 11) is 0. The molecule has 0 atom stereocenters. The molecule has 1 aromatic heterocycles. The van der Waals surface area contributed by atoms with Crippen LogP contribution in [0, 0.1) is 0 Å². The third-order valence-electron chi connectivity index (χ3n) is 1.73. The van der Waals surface area contributed by atoms with Gasteiger partial charge in [0.05, 0.1) is 11.9 Å². The first kappa shape index (κ1) is 8.38. The Kier molecular flexibility index (Phi) is 2.36. The Morgan fingerprint density at radius 2 is 2.00 bits per heavy atom. The molecule has 0 bridgehead atoms. The number of aromatic nitrogens is 1. The summed E-state index contributed by atoms with van der Waals surface area (Å²) in [5.74, 6) is 2.03. The van der Waals surface area contributed by atoms with Gasteiger partial charge in [0.1, 0.15) is 5.76 Å². The van der Waals surface area contributed by atoms with Gasteiger partial charge in [-0.05, 0) is 12.1 Å². The Hall–Kier alpha value is -1.22. The number of thiol groups is 1. The van der Waals surface area contributed by atoms with Gasteiger partial charge >= 0.3 is 0 Å². The quantitative estimate of drug-likeness (QED) is 0.739. The summed E-state index contributed by atoms with van der Waals surface area (Å²) in [6, 6.07) is 9.81. The second-order valence-corrected chi connectivity index (χ2v) is 2.97. The molecule has 1 aromatic carbocycles. The van der Waals surface area contributed by atoms with Crippen LogP contribution in [0.25, 0.3) is 11.5 Å². The summed E-state index contributed by atoms with van der Waals surface area (Å²) in [5, 5.41) is 0. The fraction of sp³-hybridized carbons (Fsp3) is 0.100. The van der Waals surface area contributed by atoms with Gasteiger partial charge in [0.2, 0.25) is 5.89 Å². The van der Waals surface area contributed by atoms with Crippen LogP contribution in [0.2, 0.25) is 0 Å². The van der Waals surface area contributed by atoms with Crippen molar-refractivity contribution >= 4 is 12.6 Å². The van der Waals surface area contributed by atoms with E-state index in [2.05, 4.69) is 17.6 Å². The molecule has 0 fully saturated rings. The molecule has 1 heterocycles. The van der Waals surface area contributed by atoms with E-state index in [4.69, 9.17) is 4.42 Å². The van der Waals surface area contributed by atoms with Crippen LogP contribution in [0.4, 0.5) is 0 Å². The minimum Gasteiger partial charge on any atom is -0.440 e. The van der Waals surface area contributed by atoms with Crippen molar-refractivity contribution in [1.29, 1.82) is 0 Å². The molecule has 2 aromatic rings. The summed E-state index contributed by atoms with van der Waals surface area (Å²) >= 11 is 4.10. The zero-order valence-electron chi connectivity index (χ0n) is 6.97. The van der Waals surface area contributed by atoms with E-state index >= 15 is 0 Å². The minimum absolute atomic E-state index is 0.583. The Balaban J connectivity index is 2.36. The average molecular weight is 191 g/mol. The molecule has 0 amide bonds. The number of hydrogen-bond donors (Lipinski definition) is 1. The summed E-state index contributed by atoms with van der Waals surface area (Å²) in [6.07, 6.45) is 1.70. The Morgan fingerprint density at radius 1 is 1.23 bits per heavy atom. The maximum Gasteiger partial charge on any atom is 0.226 e. The standard InChI is InChI=1S/C10H9NOS/c13-7-9-6-11-10(12-9)8-4-2-1-3-5-8/h1-6,13H,7H2. The van der Waals surface area contributed by atoms with Gasteiger partial charge in [0.25, 0.3) is 0 Å². The number of hydrogen-bond acceptors (Lipinski definition) is 3. The second-order valence-electron chi connectivity index (χ2n) is 2.66. The zero-order chi connectivity index (χ0) is 9.10. The van der Waals surface area contributed by atoms with Gasteiger partial charge in [-0.15, -0.1) is 0 Å². The van der Waals surface area contributed by atoms with Gasteiger partial charge in [-0.25, -0.2) is 4.98 Å². The predicted molar refractivity (Wildman–Crippen MR) is 54.6 cm³/mol. The topological polar surface area (TPSA) is 26.0 Å². The highest BCUT2D eigenvalue weighted by Crippen LogP contribution is 2.18. The predicted octanol–water partition coefficient (Wildman–Crippen LogP) is 2.77. The van der Waals surface area contributed by atoms with Crippen LogP contribution in [0.3, 0.4) is 0 Å². The maximum atomic E-state index is 5.43. The van der Waals surface area contributed by atoms with Gasteiger partial charge in [-0.1, -0.05) is 18.2 Å².